The summed E-state index contributed by atoms with van der Waals surface area (Å²) in [6.07, 6.45) is 18.2. The zero-order chi connectivity index (χ0) is 21.7. The van der Waals surface area contributed by atoms with E-state index in [0.717, 1.165) is 44.6 Å². The molecule has 6 heteroatoms. The molecule has 0 radical (unpaired) electrons. The lowest BCUT2D eigenvalue weighted by Gasteiger charge is -2.33. The molecule has 0 aromatic carbocycles. The third-order valence-corrected chi connectivity index (χ3v) is 8.27. The number of nitrogens with zero attached hydrogens (tertiary/aromatic N) is 3. The minimum atomic E-state index is -0.632. The average Bonchev–Trinajstić information content (AvgIpc) is 3.29. The Morgan fingerprint density at radius 2 is 1.58 bits per heavy atom. The molecule has 0 spiro atoms. The van der Waals surface area contributed by atoms with E-state index in [1.54, 1.807) is 4.90 Å². The number of hydrogen-bond donors (Lipinski definition) is 1. The van der Waals surface area contributed by atoms with Gasteiger partial charge in [-0.15, -0.1) is 0 Å². The molecule has 2 N–H and O–H groups in total. The zero-order valence-electron chi connectivity index (χ0n) is 19.3. The molecule has 2 aliphatic heterocycles. The van der Waals surface area contributed by atoms with Crippen LogP contribution in [0, 0.1) is 11.8 Å². The molecule has 4 rings (SSSR count). The van der Waals surface area contributed by atoms with Crippen molar-refractivity contribution in [1.82, 2.24) is 9.80 Å². The van der Waals surface area contributed by atoms with E-state index in [0.29, 0.717) is 31.4 Å². The fourth-order valence-corrected chi connectivity index (χ4v) is 6.44. The number of amides is 2. The number of carbonyl (C=O) groups is 2. The summed E-state index contributed by atoms with van der Waals surface area (Å²) in [5, 5.41) is 0. The summed E-state index contributed by atoms with van der Waals surface area (Å²) in [5.41, 5.74) is 5.72. The Hall–Kier alpha value is -1.59. The van der Waals surface area contributed by atoms with E-state index in [1.807, 2.05) is 4.90 Å². The highest BCUT2D eigenvalue weighted by molar-refractivity contribution is 6.06. The Bertz CT molecular complexity index is 666. The molecule has 1 atom stereocenters. The number of carbonyl (C=O) groups excluding carboxylic acids is 2. The van der Waals surface area contributed by atoms with Gasteiger partial charge in [-0.1, -0.05) is 64.2 Å². The summed E-state index contributed by atoms with van der Waals surface area (Å²) in [6.45, 7) is 2.14. The first-order valence-corrected chi connectivity index (χ1v) is 13.0. The predicted octanol–water partition coefficient (Wildman–Crippen LogP) is 4.23. The van der Waals surface area contributed by atoms with Crippen molar-refractivity contribution in [1.29, 1.82) is 0 Å². The molecule has 31 heavy (non-hydrogen) atoms. The van der Waals surface area contributed by atoms with E-state index in [-0.39, 0.29) is 11.8 Å². The van der Waals surface area contributed by atoms with Crippen LogP contribution in [-0.2, 0) is 9.59 Å². The van der Waals surface area contributed by atoms with E-state index in [9.17, 15) is 9.59 Å². The minimum absolute atomic E-state index is 0.138. The lowest BCUT2D eigenvalue weighted by molar-refractivity contribution is -0.132. The van der Waals surface area contributed by atoms with Gasteiger partial charge in [0, 0.05) is 26.1 Å². The number of hydrogen-bond acceptors (Lipinski definition) is 4. The van der Waals surface area contributed by atoms with Crippen molar-refractivity contribution in [3.63, 3.8) is 0 Å². The van der Waals surface area contributed by atoms with Gasteiger partial charge in [-0.3, -0.25) is 14.5 Å². The maximum atomic E-state index is 13.7. The molecule has 2 aliphatic carbocycles. The summed E-state index contributed by atoms with van der Waals surface area (Å²) in [7, 11) is 0. The summed E-state index contributed by atoms with van der Waals surface area (Å²) in [4.78, 5) is 34.2. The first-order chi connectivity index (χ1) is 15.1. The van der Waals surface area contributed by atoms with Crippen LogP contribution < -0.4 is 5.73 Å². The normalized spacial score (nSPS) is 28.6. The molecule has 0 bridgehead atoms. The number of rotatable bonds is 9. The molecule has 0 unspecified atom stereocenters. The van der Waals surface area contributed by atoms with Gasteiger partial charge in [-0.2, -0.15) is 0 Å². The van der Waals surface area contributed by atoms with Gasteiger partial charge < -0.3 is 10.6 Å². The summed E-state index contributed by atoms with van der Waals surface area (Å²) >= 11 is 0. The summed E-state index contributed by atoms with van der Waals surface area (Å²) in [6, 6.07) is 0. The molecule has 4 aliphatic rings. The molecule has 2 heterocycles. The van der Waals surface area contributed by atoms with Crippen LogP contribution in [0.1, 0.15) is 103 Å². The van der Waals surface area contributed by atoms with E-state index in [1.165, 1.54) is 64.2 Å². The van der Waals surface area contributed by atoms with Crippen LogP contribution in [0.25, 0.3) is 0 Å². The molecule has 3 fully saturated rings. The molecule has 0 aromatic rings. The van der Waals surface area contributed by atoms with Crippen LogP contribution in [0.5, 0.6) is 0 Å². The molecule has 0 aromatic heterocycles. The quantitative estimate of drug-likeness (QED) is 0.595. The Kier molecular flexibility index (Phi) is 7.55. The van der Waals surface area contributed by atoms with E-state index in [4.69, 9.17) is 10.7 Å². The van der Waals surface area contributed by atoms with Crippen molar-refractivity contribution in [3.8, 4) is 0 Å². The van der Waals surface area contributed by atoms with Gasteiger partial charge in [-0.05, 0) is 43.9 Å². The van der Waals surface area contributed by atoms with Crippen molar-refractivity contribution in [3.05, 3.63) is 0 Å². The number of nitrogens with two attached hydrogens (primary N) is 1. The molecule has 2 amide bonds. The van der Waals surface area contributed by atoms with Crippen molar-refractivity contribution in [2.24, 2.45) is 22.6 Å². The molecule has 1 saturated heterocycles. The van der Waals surface area contributed by atoms with Gasteiger partial charge in [0.15, 0.2) is 5.96 Å². The van der Waals surface area contributed by atoms with Crippen LogP contribution >= 0.6 is 0 Å². The maximum absolute atomic E-state index is 13.7. The third-order valence-electron chi connectivity index (χ3n) is 8.27. The highest BCUT2D eigenvalue weighted by Gasteiger charge is 2.48. The number of guanidine groups is 1. The van der Waals surface area contributed by atoms with Gasteiger partial charge in [0.1, 0.15) is 5.54 Å². The van der Waals surface area contributed by atoms with Crippen molar-refractivity contribution in [2.45, 2.75) is 108 Å². The zero-order valence-corrected chi connectivity index (χ0v) is 19.3. The van der Waals surface area contributed by atoms with Crippen molar-refractivity contribution in [2.75, 3.05) is 19.6 Å². The Labute approximate surface area is 188 Å². The highest BCUT2D eigenvalue weighted by atomic mass is 16.2. The first-order valence-electron chi connectivity index (χ1n) is 13.0. The molecule has 174 valence electrons. The lowest BCUT2D eigenvalue weighted by Crippen LogP contribution is -2.46. The van der Waals surface area contributed by atoms with Gasteiger partial charge in [0.05, 0.1) is 0 Å². The summed E-state index contributed by atoms with van der Waals surface area (Å²) in [5.74, 6) is 2.14. The largest absolute Gasteiger partial charge is 0.369 e. The Morgan fingerprint density at radius 3 is 2.23 bits per heavy atom. The fourth-order valence-electron chi connectivity index (χ4n) is 6.44. The van der Waals surface area contributed by atoms with Crippen molar-refractivity contribution >= 4 is 17.8 Å². The predicted molar refractivity (Wildman–Crippen MR) is 123 cm³/mol. The van der Waals surface area contributed by atoms with Crippen LogP contribution in [-0.4, -0.2) is 52.7 Å². The smallest absolute Gasteiger partial charge is 0.257 e. The Morgan fingerprint density at radius 1 is 0.903 bits per heavy atom. The molecule has 2 saturated carbocycles. The van der Waals surface area contributed by atoms with Gasteiger partial charge >= 0.3 is 0 Å². The molecule has 6 nitrogen and oxygen atoms in total. The highest BCUT2D eigenvalue weighted by Crippen LogP contribution is 2.40. The topological polar surface area (TPSA) is 79.0 Å². The van der Waals surface area contributed by atoms with Gasteiger partial charge in [-0.25, -0.2) is 4.99 Å². The minimum Gasteiger partial charge on any atom is -0.369 e. The van der Waals surface area contributed by atoms with Crippen molar-refractivity contribution < 1.29 is 9.59 Å². The average molecular weight is 431 g/mol. The first kappa shape index (κ1) is 22.6. The van der Waals surface area contributed by atoms with E-state index < -0.39 is 5.54 Å². The lowest BCUT2D eigenvalue weighted by atomic mass is 9.75. The van der Waals surface area contributed by atoms with Crippen LogP contribution in [0.2, 0.25) is 0 Å². The second kappa shape index (κ2) is 10.4. The van der Waals surface area contributed by atoms with E-state index in [2.05, 4.69) is 0 Å². The Balaban J connectivity index is 1.40. The standard InChI is InChI=1S/C25H42N4O2/c26-24-27-25(19-21-11-5-2-6-12-21,15-14-20-9-3-1-4-10-20)23(31)29(24)18-8-17-28-16-7-13-22(28)30/h20-21H,1-19H2,(H2,26,27)/t25-/m0/s1. The molecular weight excluding hydrogens is 388 g/mol. The van der Waals surface area contributed by atoms with Gasteiger partial charge in [0.25, 0.3) is 5.91 Å². The van der Waals surface area contributed by atoms with Gasteiger partial charge in [0.2, 0.25) is 5.91 Å². The van der Waals surface area contributed by atoms with Crippen LogP contribution in [0.3, 0.4) is 0 Å². The van der Waals surface area contributed by atoms with Crippen LogP contribution in [0.4, 0.5) is 0 Å². The van der Waals surface area contributed by atoms with Crippen LogP contribution in [0.15, 0.2) is 4.99 Å². The molecular formula is C25H42N4O2. The maximum Gasteiger partial charge on any atom is 0.257 e. The second-order valence-corrected chi connectivity index (χ2v) is 10.5. The monoisotopic (exact) mass is 430 g/mol. The second-order valence-electron chi connectivity index (χ2n) is 10.5. The fraction of sp³-hybridized carbons (Fsp3) is 0.880. The third kappa shape index (κ3) is 5.43. The SMILES string of the molecule is NC1=N[C@@](CCC2CCCCC2)(CC2CCCCC2)C(=O)N1CCCN1CCCC1=O. The summed E-state index contributed by atoms with van der Waals surface area (Å²) < 4.78 is 0. The number of likely N-dealkylation sites (tertiary alicyclic amines) is 1. The number of aliphatic imine (C=N–C) groups is 1. The van der Waals surface area contributed by atoms with E-state index >= 15 is 0 Å².